The second kappa shape index (κ2) is 17.0. The second-order valence-electron chi connectivity index (χ2n) is 9.61. The van der Waals surface area contributed by atoms with Crippen molar-refractivity contribution in [2.45, 2.75) is 83.8 Å². The predicted molar refractivity (Wildman–Crippen MR) is 149 cm³/mol. The highest BCUT2D eigenvalue weighted by Crippen LogP contribution is 2.25. The van der Waals surface area contributed by atoms with E-state index in [2.05, 4.69) is 25.1 Å². The zero-order chi connectivity index (χ0) is 25.3. The molecule has 0 aromatic heterocycles. The molecule has 0 saturated heterocycles. The fourth-order valence-electron chi connectivity index (χ4n) is 4.29. The van der Waals surface area contributed by atoms with Crippen LogP contribution in [-0.4, -0.2) is 31.0 Å². The lowest BCUT2D eigenvalue weighted by molar-refractivity contribution is -0.0226. The molecule has 0 aliphatic carbocycles. The molecule has 0 aliphatic heterocycles. The smallest absolute Gasteiger partial charge is 0.120 e. The number of ether oxygens (including phenoxy) is 3. The van der Waals surface area contributed by atoms with E-state index in [1.165, 1.54) is 57.8 Å². The van der Waals surface area contributed by atoms with Gasteiger partial charge in [-0.3, -0.25) is 0 Å². The van der Waals surface area contributed by atoms with Crippen molar-refractivity contribution in [2.24, 2.45) is 0 Å². The van der Waals surface area contributed by atoms with Gasteiger partial charge in [-0.2, -0.15) is 0 Å². The van der Waals surface area contributed by atoms with Crippen molar-refractivity contribution in [1.82, 2.24) is 0 Å². The van der Waals surface area contributed by atoms with E-state index in [4.69, 9.17) is 14.2 Å². The molecular formula is C32H44O4. The van der Waals surface area contributed by atoms with E-state index in [1.54, 1.807) is 0 Å². The van der Waals surface area contributed by atoms with E-state index >= 15 is 0 Å². The van der Waals surface area contributed by atoms with E-state index in [0.717, 1.165) is 40.9 Å². The van der Waals surface area contributed by atoms with Crippen LogP contribution in [-0.2, 0) is 11.3 Å². The van der Waals surface area contributed by atoms with Crippen molar-refractivity contribution >= 4 is 10.8 Å². The van der Waals surface area contributed by atoms with Gasteiger partial charge >= 0.3 is 0 Å². The molecule has 1 N–H and O–H groups in total. The molecule has 0 fully saturated rings. The Morgan fingerprint density at radius 1 is 0.667 bits per heavy atom. The third-order valence-electron chi connectivity index (χ3n) is 6.52. The Labute approximate surface area is 217 Å². The molecule has 0 aliphatic rings. The maximum absolute atomic E-state index is 9.67. The van der Waals surface area contributed by atoms with Crippen LogP contribution in [0, 0.1) is 0 Å². The van der Waals surface area contributed by atoms with Crippen LogP contribution in [0.4, 0.5) is 0 Å². The van der Waals surface area contributed by atoms with Crippen LogP contribution < -0.4 is 9.47 Å². The second-order valence-corrected chi connectivity index (χ2v) is 9.61. The fraction of sp³-hybridized carbons (Fsp3) is 0.500. The SMILES string of the molecule is CCCCCCCCCCCCOc1ccc2ccc(OCC(CO)OCc3ccccc3)cc2c1. The first-order chi connectivity index (χ1) is 17.8. The van der Waals surface area contributed by atoms with Gasteiger partial charge in [0.05, 0.1) is 19.8 Å². The first-order valence-corrected chi connectivity index (χ1v) is 13.8. The van der Waals surface area contributed by atoms with Gasteiger partial charge in [0.2, 0.25) is 0 Å². The fourth-order valence-corrected chi connectivity index (χ4v) is 4.29. The van der Waals surface area contributed by atoms with Crippen LogP contribution in [0.1, 0.15) is 76.7 Å². The Morgan fingerprint density at radius 2 is 1.28 bits per heavy atom. The van der Waals surface area contributed by atoms with E-state index in [0.29, 0.717) is 13.2 Å². The van der Waals surface area contributed by atoms with Crippen molar-refractivity contribution in [3.63, 3.8) is 0 Å². The van der Waals surface area contributed by atoms with E-state index in [1.807, 2.05) is 48.5 Å². The average molecular weight is 493 g/mol. The minimum atomic E-state index is -0.378. The molecule has 3 aromatic rings. The highest BCUT2D eigenvalue weighted by molar-refractivity contribution is 5.85. The highest BCUT2D eigenvalue weighted by atomic mass is 16.5. The molecule has 36 heavy (non-hydrogen) atoms. The third-order valence-corrected chi connectivity index (χ3v) is 6.52. The summed E-state index contributed by atoms with van der Waals surface area (Å²) in [6.45, 7) is 3.69. The average Bonchev–Trinajstić information content (AvgIpc) is 2.92. The normalized spacial score (nSPS) is 12.1. The van der Waals surface area contributed by atoms with Crippen LogP contribution in [0.25, 0.3) is 10.8 Å². The van der Waals surface area contributed by atoms with E-state index in [-0.39, 0.29) is 12.7 Å². The van der Waals surface area contributed by atoms with Crippen molar-refractivity contribution < 1.29 is 19.3 Å². The zero-order valence-electron chi connectivity index (χ0n) is 22.0. The molecule has 4 nitrogen and oxygen atoms in total. The van der Waals surface area contributed by atoms with Gasteiger partial charge in [-0.25, -0.2) is 0 Å². The van der Waals surface area contributed by atoms with Gasteiger partial charge < -0.3 is 19.3 Å². The Bertz CT molecular complexity index is 972. The molecule has 1 unspecified atom stereocenters. The molecule has 0 amide bonds. The summed E-state index contributed by atoms with van der Waals surface area (Å²) in [4.78, 5) is 0. The zero-order valence-corrected chi connectivity index (χ0v) is 22.0. The van der Waals surface area contributed by atoms with Crippen LogP contribution in [0.2, 0.25) is 0 Å². The summed E-state index contributed by atoms with van der Waals surface area (Å²) < 4.78 is 17.8. The number of aliphatic hydroxyl groups is 1. The summed E-state index contributed by atoms with van der Waals surface area (Å²) in [6, 6.07) is 22.2. The summed E-state index contributed by atoms with van der Waals surface area (Å²) in [5.74, 6) is 1.66. The summed E-state index contributed by atoms with van der Waals surface area (Å²) in [7, 11) is 0. The van der Waals surface area contributed by atoms with Gasteiger partial charge in [-0.1, -0.05) is 107 Å². The Morgan fingerprint density at radius 3 is 1.92 bits per heavy atom. The minimum absolute atomic E-state index is 0.0860. The summed E-state index contributed by atoms with van der Waals surface area (Å²) in [5, 5.41) is 11.9. The summed E-state index contributed by atoms with van der Waals surface area (Å²) >= 11 is 0. The molecule has 0 saturated carbocycles. The van der Waals surface area contributed by atoms with E-state index in [9.17, 15) is 5.11 Å². The number of unbranched alkanes of at least 4 members (excludes halogenated alkanes) is 9. The highest BCUT2D eigenvalue weighted by Gasteiger charge is 2.10. The molecule has 3 aromatic carbocycles. The summed E-state index contributed by atoms with van der Waals surface area (Å²) in [6.07, 6.45) is 12.9. The lowest BCUT2D eigenvalue weighted by Crippen LogP contribution is -2.25. The Balaban J connectivity index is 1.36. The largest absolute Gasteiger partial charge is 0.494 e. The van der Waals surface area contributed by atoms with Crippen LogP contribution in [0.15, 0.2) is 66.7 Å². The van der Waals surface area contributed by atoms with Crippen molar-refractivity contribution in [3.05, 3.63) is 72.3 Å². The van der Waals surface area contributed by atoms with Gasteiger partial charge in [-0.15, -0.1) is 0 Å². The topological polar surface area (TPSA) is 47.9 Å². The van der Waals surface area contributed by atoms with Gasteiger partial charge in [0.15, 0.2) is 0 Å². The predicted octanol–water partition coefficient (Wildman–Crippen LogP) is 8.10. The molecule has 196 valence electrons. The lowest BCUT2D eigenvalue weighted by atomic mass is 10.1. The van der Waals surface area contributed by atoms with Crippen LogP contribution in [0.3, 0.4) is 0 Å². The minimum Gasteiger partial charge on any atom is -0.494 e. The van der Waals surface area contributed by atoms with Gasteiger partial charge in [0.1, 0.15) is 24.2 Å². The number of rotatable bonds is 19. The van der Waals surface area contributed by atoms with Gasteiger partial charge in [0, 0.05) is 0 Å². The number of benzene rings is 3. The maximum Gasteiger partial charge on any atom is 0.120 e. The van der Waals surface area contributed by atoms with Crippen LogP contribution in [0.5, 0.6) is 11.5 Å². The first kappa shape index (κ1) is 28.0. The van der Waals surface area contributed by atoms with Crippen molar-refractivity contribution in [1.29, 1.82) is 0 Å². The third kappa shape index (κ3) is 10.6. The maximum atomic E-state index is 9.67. The number of fused-ring (bicyclic) bond motifs is 1. The van der Waals surface area contributed by atoms with Gasteiger partial charge in [0.25, 0.3) is 0 Å². The lowest BCUT2D eigenvalue weighted by Gasteiger charge is -2.17. The summed E-state index contributed by atoms with van der Waals surface area (Å²) in [5.41, 5.74) is 1.08. The number of hydrogen-bond donors (Lipinski definition) is 1. The standard InChI is InChI=1S/C32H44O4/c1-2-3-4-5-6-7-8-9-10-14-21-34-30-19-17-28-18-20-31(23-29(28)22-30)36-26-32(24-33)35-25-27-15-12-11-13-16-27/h11-13,15-20,22-23,32-33H,2-10,14,21,24-26H2,1H3. The molecular weight excluding hydrogens is 448 g/mol. The molecule has 0 heterocycles. The number of aliphatic hydroxyl groups excluding tert-OH is 1. The van der Waals surface area contributed by atoms with Crippen molar-refractivity contribution in [3.8, 4) is 11.5 Å². The Hall–Kier alpha value is -2.56. The Kier molecular flexibility index (Phi) is 13.2. The molecule has 0 radical (unpaired) electrons. The quantitative estimate of drug-likeness (QED) is 0.172. The molecule has 1 atom stereocenters. The molecule has 0 spiro atoms. The number of hydrogen-bond acceptors (Lipinski definition) is 4. The van der Waals surface area contributed by atoms with E-state index < -0.39 is 0 Å². The van der Waals surface area contributed by atoms with Crippen LogP contribution >= 0.6 is 0 Å². The molecule has 4 heteroatoms. The molecule has 3 rings (SSSR count). The van der Waals surface area contributed by atoms with Gasteiger partial charge in [-0.05, 0) is 47.0 Å². The monoisotopic (exact) mass is 492 g/mol. The van der Waals surface area contributed by atoms with Crippen molar-refractivity contribution in [2.75, 3.05) is 19.8 Å². The molecule has 0 bridgehead atoms. The first-order valence-electron chi connectivity index (χ1n) is 13.8.